The summed E-state index contributed by atoms with van der Waals surface area (Å²) in [6.07, 6.45) is 5.55. The minimum atomic E-state index is -4.10. The topological polar surface area (TPSA) is 72.5 Å². The third-order valence-corrected chi connectivity index (χ3v) is 5.57. The van der Waals surface area contributed by atoms with Crippen molar-refractivity contribution >= 4 is 16.0 Å². The van der Waals surface area contributed by atoms with Crippen molar-refractivity contribution in [3.63, 3.8) is 0 Å². The average molecular weight is 343 g/mol. The first-order valence-electron chi connectivity index (χ1n) is 7.83. The lowest BCUT2D eigenvalue weighted by molar-refractivity contribution is -0.146. The van der Waals surface area contributed by atoms with Crippen LogP contribution in [0.2, 0.25) is 0 Å². The highest BCUT2D eigenvalue weighted by Gasteiger charge is 2.26. The van der Waals surface area contributed by atoms with E-state index in [-0.39, 0.29) is 0 Å². The molecule has 2 rings (SSSR count). The highest BCUT2D eigenvalue weighted by molar-refractivity contribution is 7.89. The van der Waals surface area contributed by atoms with Crippen LogP contribution in [0.1, 0.15) is 39.0 Å². The van der Waals surface area contributed by atoms with E-state index in [2.05, 4.69) is 4.72 Å². The van der Waals surface area contributed by atoms with Crippen LogP contribution in [0.5, 0.6) is 0 Å². The summed E-state index contributed by atoms with van der Waals surface area (Å²) in [5, 5.41) is 0. The SMILES string of the molecule is C[C@H](NS(=O)(=O)c1ccccc1F)C(=O)OCC1CCCCC1. The van der Waals surface area contributed by atoms with Crippen LogP contribution < -0.4 is 4.72 Å². The van der Waals surface area contributed by atoms with Crippen LogP contribution in [0.4, 0.5) is 4.39 Å². The van der Waals surface area contributed by atoms with Crippen molar-refractivity contribution in [2.75, 3.05) is 6.61 Å². The summed E-state index contributed by atoms with van der Waals surface area (Å²) < 4.78 is 45.2. The standard InChI is InChI=1S/C16H22FNO4S/c1-12(16(19)22-11-13-7-3-2-4-8-13)18-23(20,21)15-10-6-5-9-14(15)17/h5-6,9-10,12-13,18H,2-4,7-8,11H2,1H3/t12-/m0/s1. The van der Waals surface area contributed by atoms with Gasteiger partial charge < -0.3 is 4.74 Å². The number of carbonyl (C=O) groups excluding carboxylic acids is 1. The normalized spacial score (nSPS) is 17.7. The van der Waals surface area contributed by atoms with Gasteiger partial charge in [-0.25, -0.2) is 12.8 Å². The van der Waals surface area contributed by atoms with Crippen LogP contribution in [0.25, 0.3) is 0 Å². The zero-order valence-corrected chi connectivity index (χ0v) is 13.9. The molecule has 128 valence electrons. The Morgan fingerprint density at radius 2 is 1.96 bits per heavy atom. The largest absolute Gasteiger partial charge is 0.464 e. The van der Waals surface area contributed by atoms with Crippen LogP contribution in [-0.4, -0.2) is 27.0 Å². The summed E-state index contributed by atoms with van der Waals surface area (Å²) in [5.74, 6) is -1.15. The molecule has 1 fully saturated rings. The number of rotatable bonds is 6. The van der Waals surface area contributed by atoms with Crippen LogP contribution in [0.15, 0.2) is 29.2 Å². The van der Waals surface area contributed by atoms with E-state index in [1.165, 1.54) is 25.5 Å². The molecular weight excluding hydrogens is 321 g/mol. The number of hydrogen-bond acceptors (Lipinski definition) is 4. The number of hydrogen-bond donors (Lipinski definition) is 1. The highest BCUT2D eigenvalue weighted by Crippen LogP contribution is 2.23. The monoisotopic (exact) mass is 343 g/mol. The van der Waals surface area contributed by atoms with Gasteiger partial charge in [0.15, 0.2) is 0 Å². The number of sulfonamides is 1. The minimum Gasteiger partial charge on any atom is -0.464 e. The first kappa shape index (κ1) is 17.9. The maximum atomic E-state index is 13.6. The summed E-state index contributed by atoms with van der Waals surface area (Å²) in [4.78, 5) is 11.5. The van der Waals surface area contributed by atoms with E-state index in [4.69, 9.17) is 4.74 Å². The first-order chi connectivity index (χ1) is 10.9. The van der Waals surface area contributed by atoms with Gasteiger partial charge in [0.25, 0.3) is 0 Å². The van der Waals surface area contributed by atoms with E-state index < -0.39 is 32.7 Å². The molecule has 1 N–H and O–H groups in total. The Labute approximate surface area is 136 Å². The molecule has 5 nitrogen and oxygen atoms in total. The lowest BCUT2D eigenvalue weighted by Gasteiger charge is -2.22. The van der Waals surface area contributed by atoms with E-state index >= 15 is 0 Å². The molecule has 1 aliphatic carbocycles. The molecule has 1 atom stereocenters. The van der Waals surface area contributed by atoms with Crippen molar-refractivity contribution in [3.8, 4) is 0 Å². The second-order valence-corrected chi connectivity index (χ2v) is 7.59. The molecule has 0 amide bonds. The molecule has 0 aromatic heterocycles. The Morgan fingerprint density at radius 3 is 2.61 bits per heavy atom. The quantitative estimate of drug-likeness (QED) is 0.806. The Balaban J connectivity index is 1.91. The number of ether oxygens (including phenoxy) is 1. The molecule has 0 saturated heterocycles. The molecule has 0 aliphatic heterocycles. The highest BCUT2D eigenvalue weighted by atomic mass is 32.2. The van der Waals surface area contributed by atoms with Gasteiger partial charge in [0.1, 0.15) is 16.8 Å². The summed E-state index contributed by atoms with van der Waals surface area (Å²) >= 11 is 0. The summed E-state index contributed by atoms with van der Waals surface area (Å²) in [6.45, 7) is 1.70. The Kier molecular flexibility index (Phi) is 6.12. The minimum absolute atomic E-state index is 0.310. The zero-order valence-electron chi connectivity index (χ0n) is 13.1. The van der Waals surface area contributed by atoms with Crippen molar-refractivity contribution in [1.29, 1.82) is 0 Å². The predicted molar refractivity (Wildman–Crippen MR) is 83.7 cm³/mol. The van der Waals surface area contributed by atoms with Crippen molar-refractivity contribution in [2.24, 2.45) is 5.92 Å². The van der Waals surface area contributed by atoms with Gasteiger partial charge in [0.2, 0.25) is 10.0 Å². The maximum absolute atomic E-state index is 13.6. The molecule has 7 heteroatoms. The lowest BCUT2D eigenvalue weighted by atomic mass is 9.90. The molecule has 0 unspecified atom stereocenters. The summed E-state index contributed by atoms with van der Waals surface area (Å²) in [7, 11) is -4.10. The van der Waals surface area contributed by atoms with Gasteiger partial charge in [-0.2, -0.15) is 4.72 Å². The van der Waals surface area contributed by atoms with E-state index in [0.29, 0.717) is 12.5 Å². The van der Waals surface area contributed by atoms with Gasteiger partial charge in [-0.05, 0) is 37.8 Å². The van der Waals surface area contributed by atoms with Crippen molar-refractivity contribution < 1.29 is 22.3 Å². The van der Waals surface area contributed by atoms with Gasteiger partial charge in [-0.3, -0.25) is 4.79 Å². The fourth-order valence-electron chi connectivity index (χ4n) is 2.69. The Bertz CT molecular complexity index is 641. The number of halogens is 1. The van der Waals surface area contributed by atoms with E-state index in [1.54, 1.807) is 0 Å². The average Bonchev–Trinajstić information content (AvgIpc) is 2.53. The smallest absolute Gasteiger partial charge is 0.323 e. The van der Waals surface area contributed by atoms with Crippen molar-refractivity contribution in [3.05, 3.63) is 30.1 Å². The molecule has 1 aliphatic rings. The van der Waals surface area contributed by atoms with Gasteiger partial charge in [0, 0.05) is 0 Å². The van der Waals surface area contributed by atoms with Crippen LogP contribution in [0.3, 0.4) is 0 Å². The van der Waals surface area contributed by atoms with E-state index in [0.717, 1.165) is 37.8 Å². The maximum Gasteiger partial charge on any atom is 0.323 e. The van der Waals surface area contributed by atoms with Gasteiger partial charge in [-0.15, -0.1) is 0 Å². The fraction of sp³-hybridized carbons (Fsp3) is 0.562. The number of carbonyl (C=O) groups is 1. The molecule has 1 aromatic carbocycles. The second-order valence-electron chi connectivity index (χ2n) is 5.91. The first-order valence-corrected chi connectivity index (χ1v) is 9.32. The number of nitrogens with one attached hydrogen (secondary N) is 1. The summed E-state index contributed by atoms with van der Waals surface area (Å²) in [6, 6.07) is 3.96. The molecule has 1 saturated carbocycles. The Morgan fingerprint density at radius 1 is 1.30 bits per heavy atom. The van der Waals surface area contributed by atoms with Crippen LogP contribution in [0, 0.1) is 11.7 Å². The molecule has 0 spiro atoms. The van der Waals surface area contributed by atoms with E-state index in [9.17, 15) is 17.6 Å². The predicted octanol–water partition coefficient (Wildman–Crippen LogP) is 2.62. The molecule has 0 bridgehead atoms. The summed E-state index contributed by atoms with van der Waals surface area (Å²) in [5.41, 5.74) is 0. The Hall–Kier alpha value is -1.47. The van der Waals surface area contributed by atoms with Crippen LogP contribution in [-0.2, 0) is 19.6 Å². The second kappa shape index (κ2) is 7.88. The third-order valence-electron chi connectivity index (χ3n) is 4.00. The van der Waals surface area contributed by atoms with Gasteiger partial charge in [0.05, 0.1) is 6.61 Å². The van der Waals surface area contributed by atoms with Crippen LogP contribution >= 0.6 is 0 Å². The lowest BCUT2D eigenvalue weighted by Crippen LogP contribution is -2.40. The number of esters is 1. The zero-order chi connectivity index (χ0) is 16.9. The fourth-order valence-corrected chi connectivity index (χ4v) is 3.96. The van der Waals surface area contributed by atoms with Gasteiger partial charge >= 0.3 is 5.97 Å². The molecule has 0 radical (unpaired) electrons. The molecule has 0 heterocycles. The van der Waals surface area contributed by atoms with Crippen molar-refractivity contribution in [1.82, 2.24) is 4.72 Å². The number of benzene rings is 1. The third kappa shape index (κ3) is 5.00. The molecule has 1 aromatic rings. The van der Waals surface area contributed by atoms with Gasteiger partial charge in [-0.1, -0.05) is 31.4 Å². The molecular formula is C16H22FNO4S. The van der Waals surface area contributed by atoms with E-state index in [1.807, 2.05) is 0 Å². The molecule has 23 heavy (non-hydrogen) atoms. The van der Waals surface area contributed by atoms with Crippen molar-refractivity contribution in [2.45, 2.75) is 50.0 Å².